The van der Waals surface area contributed by atoms with E-state index in [0.29, 0.717) is 6.54 Å². The molecule has 16 heavy (non-hydrogen) atoms. The summed E-state index contributed by atoms with van der Waals surface area (Å²) in [5, 5.41) is 4.50. The summed E-state index contributed by atoms with van der Waals surface area (Å²) in [5.74, 6) is -0.362. The summed E-state index contributed by atoms with van der Waals surface area (Å²) in [5.41, 5.74) is 0.948. The maximum Gasteiger partial charge on any atom is 0.142 e. The Balaban J connectivity index is 2.57. The molecule has 0 fully saturated rings. The molecular formula is C12H16BrClFN. The lowest BCUT2D eigenvalue weighted by atomic mass is 10.0. The average molecular weight is 309 g/mol. The van der Waals surface area contributed by atoms with Crippen molar-refractivity contribution < 1.29 is 4.39 Å². The number of nitrogens with one attached hydrogen (secondary N) is 1. The summed E-state index contributed by atoms with van der Waals surface area (Å²) >= 11 is 9.03. The highest BCUT2D eigenvalue weighted by Gasteiger charge is 2.15. The molecular weight excluding hydrogens is 292 g/mol. The van der Waals surface area contributed by atoms with Crippen molar-refractivity contribution in [3.05, 3.63) is 34.6 Å². The molecule has 1 aromatic rings. The second kappa shape index (κ2) is 5.99. The van der Waals surface area contributed by atoms with Gasteiger partial charge >= 0.3 is 0 Å². The molecule has 0 heterocycles. The second-order valence-corrected chi connectivity index (χ2v) is 5.63. The van der Waals surface area contributed by atoms with Crippen molar-refractivity contribution >= 4 is 27.5 Å². The second-order valence-electron chi connectivity index (χ2n) is 4.42. The number of alkyl halides is 1. The molecule has 1 nitrogen and oxygen atoms in total. The van der Waals surface area contributed by atoms with Gasteiger partial charge in [0.15, 0.2) is 0 Å². The molecule has 0 saturated heterocycles. The minimum Gasteiger partial charge on any atom is -0.308 e. The van der Waals surface area contributed by atoms with E-state index in [1.807, 2.05) is 6.07 Å². The van der Waals surface area contributed by atoms with Gasteiger partial charge in [-0.1, -0.05) is 33.6 Å². The topological polar surface area (TPSA) is 12.0 Å². The van der Waals surface area contributed by atoms with Gasteiger partial charge in [-0.3, -0.25) is 0 Å². The smallest absolute Gasteiger partial charge is 0.142 e. The van der Waals surface area contributed by atoms with Crippen LogP contribution in [0.3, 0.4) is 0 Å². The van der Waals surface area contributed by atoms with Crippen molar-refractivity contribution in [3.63, 3.8) is 0 Å². The SMILES string of the molecule is CC(C)(CCBr)NCc1ccc(Cl)c(F)c1. The molecule has 1 aromatic carbocycles. The van der Waals surface area contributed by atoms with Crippen molar-refractivity contribution in [1.82, 2.24) is 5.32 Å². The highest BCUT2D eigenvalue weighted by atomic mass is 79.9. The van der Waals surface area contributed by atoms with Crippen LogP contribution < -0.4 is 5.32 Å². The van der Waals surface area contributed by atoms with E-state index >= 15 is 0 Å². The van der Waals surface area contributed by atoms with Crippen LogP contribution in [0, 0.1) is 5.82 Å². The molecule has 1 N–H and O–H groups in total. The zero-order chi connectivity index (χ0) is 12.2. The van der Waals surface area contributed by atoms with Crippen LogP contribution in [0.15, 0.2) is 18.2 Å². The Morgan fingerprint density at radius 2 is 2.12 bits per heavy atom. The lowest BCUT2D eigenvalue weighted by Gasteiger charge is -2.25. The van der Waals surface area contributed by atoms with Crippen LogP contribution in [-0.4, -0.2) is 10.9 Å². The summed E-state index contributed by atoms with van der Waals surface area (Å²) in [4.78, 5) is 0. The molecule has 0 saturated carbocycles. The van der Waals surface area contributed by atoms with Gasteiger partial charge in [-0.15, -0.1) is 0 Å². The predicted molar refractivity (Wildman–Crippen MR) is 70.7 cm³/mol. The van der Waals surface area contributed by atoms with Crippen LogP contribution in [0.5, 0.6) is 0 Å². The van der Waals surface area contributed by atoms with Crippen LogP contribution in [0.2, 0.25) is 5.02 Å². The van der Waals surface area contributed by atoms with Gasteiger partial charge < -0.3 is 5.32 Å². The van der Waals surface area contributed by atoms with Crippen LogP contribution >= 0.6 is 27.5 Å². The van der Waals surface area contributed by atoms with E-state index in [1.165, 1.54) is 6.07 Å². The van der Waals surface area contributed by atoms with E-state index in [-0.39, 0.29) is 16.4 Å². The molecule has 90 valence electrons. The Hall–Kier alpha value is -0.120. The van der Waals surface area contributed by atoms with Gasteiger partial charge in [-0.2, -0.15) is 0 Å². The largest absolute Gasteiger partial charge is 0.308 e. The summed E-state index contributed by atoms with van der Waals surface area (Å²) in [6.07, 6.45) is 1.02. The van der Waals surface area contributed by atoms with Gasteiger partial charge in [0, 0.05) is 17.4 Å². The highest BCUT2D eigenvalue weighted by molar-refractivity contribution is 9.09. The molecule has 0 aliphatic rings. The Bertz CT molecular complexity index is 355. The standard InChI is InChI=1S/C12H16BrClFN/c1-12(2,5-6-13)16-8-9-3-4-10(14)11(15)7-9/h3-4,7,16H,5-6,8H2,1-2H3. The fourth-order valence-corrected chi connectivity index (χ4v) is 2.42. The fraction of sp³-hybridized carbons (Fsp3) is 0.500. The molecule has 0 spiro atoms. The molecule has 0 aromatic heterocycles. The first-order chi connectivity index (χ1) is 7.44. The Labute approximate surface area is 110 Å². The van der Waals surface area contributed by atoms with Crippen LogP contribution in [0.1, 0.15) is 25.8 Å². The summed E-state index contributed by atoms with van der Waals surface area (Å²) < 4.78 is 13.2. The monoisotopic (exact) mass is 307 g/mol. The molecule has 0 amide bonds. The quantitative estimate of drug-likeness (QED) is 0.806. The zero-order valence-corrected chi connectivity index (χ0v) is 11.8. The summed E-state index contributed by atoms with van der Waals surface area (Å²) in [6, 6.07) is 4.90. The van der Waals surface area contributed by atoms with E-state index in [1.54, 1.807) is 6.07 Å². The van der Waals surface area contributed by atoms with Crippen molar-refractivity contribution in [2.45, 2.75) is 32.4 Å². The normalized spacial score (nSPS) is 11.8. The lowest BCUT2D eigenvalue weighted by molar-refractivity contribution is 0.377. The molecule has 0 bridgehead atoms. The molecule has 0 aliphatic carbocycles. The van der Waals surface area contributed by atoms with E-state index in [0.717, 1.165) is 17.3 Å². The van der Waals surface area contributed by atoms with E-state index in [9.17, 15) is 4.39 Å². The van der Waals surface area contributed by atoms with Gasteiger partial charge in [-0.05, 0) is 38.0 Å². The third-order valence-electron chi connectivity index (χ3n) is 2.47. The molecule has 4 heteroatoms. The zero-order valence-electron chi connectivity index (χ0n) is 9.49. The first-order valence-corrected chi connectivity index (χ1v) is 6.69. The number of rotatable bonds is 5. The number of halogens is 3. The fourth-order valence-electron chi connectivity index (χ4n) is 1.32. The van der Waals surface area contributed by atoms with Crippen molar-refractivity contribution in [2.24, 2.45) is 0 Å². The average Bonchev–Trinajstić information content (AvgIpc) is 2.20. The van der Waals surface area contributed by atoms with Crippen LogP contribution in [0.4, 0.5) is 4.39 Å². The van der Waals surface area contributed by atoms with Crippen molar-refractivity contribution in [3.8, 4) is 0 Å². The van der Waals surface area contributed by atoms with Gasteiger partial charge in [0.05, 0.1) is 5.02 Å². The minimum absolute atomic E-state index is 0.0413. The highest BCUT2D eigenvalue weighted by Crippen LogP contribution is 2.17. The van der Waals surface area contributed by atoms with E-state index in [2.05, 4.69) is 35.1 Å². The molecule has 0 radical (unpaired) electrons. The molecule has 1 rings (SSSR count). The molecule has 0 unspecified atom stereocenters. The third-order valence-corrected chi connectivity index (χ3v) is 3.18. The minimum atomic E-state index is -0.362. The van der Waals surface area contributed by atoms with Crippen molar-refractivity contribution in [2.75, 3.05) is 5.33 Å². The lowest BCUT2D eigenvalue weighted by Crippen LogP contribution is -2.38. The van der Waals surface area contributed by atoms with Gasteiger partial charge in [0.2, 0.25) is 0 Å². The van der Waals surface area contributed by atoms with Gasteiger partial charge in [0.25, 0.3) is 0 Å². The van der Waals surface area contributed by atoms with Crippen LogP contribution in [0.25, 0.3) is 0 Å². The molecule has 0 aliphatic heterocycles. The van der Waals surface area contributed by atoms with Crippen LogP contribution in [-0.2, 0) is 6.54 Å². The Morgan fingerprint density at radius 1 is 1.44 bits per heavy atom. The van der Waals surface area contributed by atoms with Crippen molar-refractivity contribution in [1.29, 1.82) is 0 Å². The van der Waals surface area contributed by atoms with E-state index in [4.69, 9.17) is 11.6 Å². The first-order valence-electron chi connectivity index (χ1n) is 5.19. The maximum absolute atomic E-state index is 13.2. The predicted octanol–water partition coefficient (Wildman–Crippen LogP) is 4.13. The van der Waals surface area contributed by atoms with Gasteiger partial charge in [-0.25, -0.2) is 4.39 Å². The summed E-state index contributed by atoms with van der Waals surface area (Å²) in [6.45, 7) is 4.90. The Morgan fingerprint density at radius 3 is 2.69 bits per heavy atom. The molecule has 0 atom stereocenters. The number of hydrogen-bond acceptors (Lipinski definition) is 1. The summed E-state index contributed by atoms with van der Waals surface area (Å²) in [7, 11) is 0. The van der Waals surface area contributed by atoms with E-state index < -0.39 is 0 Å². The maximum atomic E-state index is 13.2. The Kier molecular flexibility index (Phi) is 5.22. The first kappa shape index (κ1) is 13.9. The van der Waals surface area contributed by atoms with Gasteiger partial charge in [0.1, 0.15) is 5.82 Å². The number of hydrogen-bond donors (Lipinski definition) is 1. The number of benzene rings is 1. The third kappa shape index (κ3) is 4.40.